The molecule has 0 radical (unpaired) electrons. The van der Waals surface area contributed by atoms with Crippen LogP contribution < -0.4 is 0 Å². The number of ketones is 1. The summed E-state index contributed by atoms with van der Waals surface area (Å²) in [4.78, 5) is 22.3. The molecule has 4 heteroatoms. The molecule has 2 N–H and O–H groups in total. The van der Waals surface area contributed by atoms with Gasteiger partial charge in [0.05, 0.1) is 12.0 Å². The van der Waals surface area contributed by atoms with E-state index in [1.807, 2.05) is 0 Å². The van der Waals surface area contributed by atoms with Crippen molar-refractivity contribution in [3.8, 4) is 0 Å². The molecular formula is C12H22O4. The molecule has 0 fully saturated rings. The Kier molecular flexibility index (Phi) is 9.04. The maximum Gasteiger partial charge on any atom is 0.145 e. The van der Waals surface area contributed by atoms with Gasteiger partial charge in [-0.1, -0.05) is 26.2 Å². The molecule has 0 heterocycles. The fourth-order valence-electron chi connectivity index (χ4n) is 1.59. The summed E-state index contributed by atoms with van der Waals surface area (Å²) in [6, 6.07) is 0. The van der Waals surface area contributed by atoms with E-state index in [-0.39, 0.29) is 18.8 Å². The molecule has 0 spiro atoms. The molecule has 94 valence electrons. The van der Waals surface area contributed by atoms with Crippen LogP contribution in [0, 0.1) is 5.92 Å². The molecule has 0 aliphatic heterocycles. The molecule has 0 saturated carbocycles. The van der Waals surface area contributed by atoms with E-state index in [2.05, 4.69) is 6.92 Å². The Hall–Kier alpha value is -0.740. The van der Waals surface area contributed by atoms with Gasteiger partial charge in [0.15, 0.2) is 0 Å². The monoisotopic (exact) mass is 230 g/mol. The summed E-state index contributed by atoms with van der Waals surface area (Å²) in [6.07, 6.45) is 3.78. The van der Waals surface area contributed by atoms with E-state index in [0.29, 0.717) is 12.7 Å². The summed E-state index contributed by atoms with van der Waals surface area (Å²) in [5, 5.41) is 18.1. The quantitative estimate of drug-likeness (QED) is 0.334. The van der Waals surface area contributed by atoms with Crippen LogP contribution in [0.25, 0.3) is 0 Å². The van der Waals surface area contributed by atoms with Crippen molar-refractivity contribution >= 4 is 12.1 Å². The number of aldehydes is 1. The normalized spacial score (nSPS) is 14.4. The number of aliphatic hydroxyl groups excluding tert-OH is 2. The van der Waals surface area contributed by atoms with Crippen molar-refractivity contribution < 1.29 is 19.8 Å². The minimum absolute atomic E-state index is 0.0735. The Morgan fingerprint density at radius 1 is 1.31 bits per heavy atom. The number of hydrogen-bond acceptors (Lipinski definition) is 4. The minimum Gasteiger partial charge on any atom is -0.396 e. The largest absolute Gasteiger partial charge is 0.396 e. The first-order chi connectivity index (χ1) is 7.67. The summed E-state index contributed by atoms with van der Waals surface area (Å²) < 4.78 is 0. The molecule has 0 aromatic heterocycles. The molecule has 0 rings (SSSR count). The van der Waals surface area contributed by atoms with E-state index in [0.717, 1.165) is 25.7 Å². The molecule has 2 unspecified atom stereocenters. The number of unbranched alkanes of at least 4 members (excludes halogenated alkanes) is 3. The third-order valence-electron chi connectivity index (χ3n) is 2.63. The Balaban J connectivity index is 3.95. The lowest BCUT2D eigenvalue weighted by Gasteiger charge is -2.15. The van der Waals surface area contributed by atoms with E-state index in [9.17, 15) is 14.7 Å². The number of hydrogen-bond donors (Lipinski definition) is 2. The lowest BCUT2D eigenvalue weighted by atomic mass is 9.93. The van der Waals surface area contributed by atoms with Crippen molar-refractivity contribution in [1.29, 1.82) is 0 Å². The number of carbonyl (C=O) groups is 2. The Bertz CT molecular complexity index is 203. The number of Topliss-reactive ketones (excluding diaryl/α,β-unsaturated/α-hetero) is 1. The van der Waals surface area contributed by atoms with Crippen LogP contribution in [0.2, 0.25) is 0 Å². The van der Waals surface area contributed by atoms with E-state index < -0.39 is 12.0 Å². The molecule has 16 heavy (non-hydrogen) atoms. The molecule has 0 aliphatic carbocycles. The number of carbonyl (C=O) groups excluding carboxylic acids is 2. The summed E-state index contributed by atoms with van der Waals surface area (Å²) in [6.45, 7) is 1.87. The highest BCUT2D eigenvalue weighted by Gasteiger charge is 2.24. The van der Waals surface area contributed by atoms with Crippen molar-refractivity contribution in [2.45, 2.75) is 51.6 Å². The Labute approximate surface area is 96.7 Å². The summed E-state index contributed by atoms with van der Waals surface area (Å²) in [5.74, 6) is -1.18. The molecule has 4 nitrogen and oxygen atoms in total. The van der Waals surface area contributed by atoms with E-state index >= 15 is 0 Å². The summed E-state index contributed by atoms with van der Waals surface area (Å²) >= 11 is 0. The Morgan fingerprint density at radius 3 is 2.50 bits per heavy atom. The zero-order valence-electron chi connectivity index (χ0n) is 9.89. The molecule has 0 aliphatic rings. The standard InChI is InChI=1S/C12H22O4/c1-2-3-4-5-6-11(15)10(9-14)12(16)7-8-13/h9-10,12-13,16H,2-8H2,1H3. The first kappa shape index (κ1) is 15.3. The van der Waals surface area contributed by atoms with Crippen LogP contribution >= 0.6 is 0 Å². The van der Waals surface area contributed by atoms with Gasteiger partial charge in [-0.2, -0.15) is 0 Å². The third-order valence-corrected chi connectivity index (χ3v) is 2.63. The van der Waals surface area contributed by atoms with Gasteiger partial charge in [0.2, 0.25) is 0 Å². The average Bonchev–Trinajstić information content (AvgIpc) is 2.26. The lowest BCUT2D eigenvalue weighted by Crippen LogP contribution is -2.30. The van der Waals surface area contributed by atoms with Gasteiger partial charge in [0.1, 0.15) is 12.1 Å². The number of aliphatic hydroxyl groups is 2. The van der Waals surface area contributed by atoms with Crippen LogP contribution in [0.5, 0.6) is 0 Å². The van der Waals surface area contributed by atoms with Gasteiger partial charge in [-0.05, 0) is 12.8 Å². The van der Waals surface area contributed by atoms with Gasteiger partial charge >= 0.3 is 0 Å². The van der Waals surface area contributed by atoms with Crippen molar-refractivity contribution in [3.63, 3.8) is 0 Å². The van der Waals surface area contributed by atoms with Gasteiger partial charge in [-0.3, -0.25) is 4.79 Å². The number of rotatable bonds is 10. The second-order valence-corrected chi connectivity index (χ2v) is 4.02. The van der Waals surface area contributed by atoms with E-state index in [4.69, 9.17) is 5.11 Å². The van der Waals surface area contributed by atoms with Gasteiger partial charge in [0, 0.05) is 13.0 Å². The molecule has 0 saturated heterocycles. The summed E-state index contributed by atoms with van der Waals surface area (Å²) in [7, 11) is 0. The predicted molar refractivity (Wildman–Crippen MR) is 61.0 cm³/mol. The van der Waals surface area contributed by atoms with E-state index in [1.54, 1.807) is 0 Å². The lowest BCUT2D eigenvalue weighted by molar-refractivity contribution is -0.132. The van der Waals surface area contributed by atoms with Crippen molar-refractivity contribution in [3.05, 3.63) is 0 Å². The van der Waals surface area contributed by atoms with Gasteiger partial charge in [0.25, 0.3) is 0 Å². The van der Waals surface area contributed by atoms with Crippen LogP contribution in [0.15, 0.2) is 0 Å². The van der Waals surface area contributed by atoms with Crippen LogP contribution in [0.1, 0.15) is 45.4 Å². The molecule has 2 atom stereocenters. The maximum absolute atomic E-state index is 11.6. The zero-order valence-corrected chi connectivity index (χ0v) is 9.89. The van der Waals surface area contributed by atoms with E-state index in [1.165, 1.54) is 0 Å². The fourth-order valence-corrected chi connectivity index (χ4v) is 1.59. The maximum atomic E-state index is 11.6. The smallest absolute Gasteiger partial charge is 0.145 e. The highest BCUT2D eigenvalue weighted by atomic mass is 16.3. The highest BCUT2D eigenvalue weighted by molar-refractivity contribution is 5.93. The molecular weight excluding hydrogens is 208 g/mol. The first-order valence-electron chi connectivity index (χ1n) is 5.94. The van der Waals surface area contributed by atoms with Crippen molar-refractivity contribution in [2.24, 2.45) is 5.92 Å². The van der Waals surface area contributed by atoms with Gasteiger partial charge < -0.3 is 15.0 Å². The molecule has 0 aromatic carbocycles. The van der Waals surface area contributed by atoms with Crippen LogP contribution in [-0.2, 0) is 9.59 Å². The van der Waals surface area contributed by atoms with Crippen molar-refractivity contribution in [1.82, 2.24) is 0 Å². The van der Waals surface area contributed by atoms with Gasteiger partial charge in [-0.25, -0.2) is 0 Å². The molecule has 0 aromatic rings. The second kappa shape index (κ2) is 9.48. The highest BCUT2D eigenvalue weighted by Crippen LogP contribution is 2.12. The summed E-state index contributed by atoms with van der Waals surface area (Å²) in [5.41, 5.74) is 0. The fraction of sp³-hybridized carbons (Fsp3) is 0.833. The Morgan fingerprint density at radius 2 is 2.00 bits per heavy atom. The van der Waals surface area contributed by atoms with Crippen LogP contribution in [0.3, 0.4) is 0 Å². The molecule has 0 bridgehead atoms. The predicted octanol–water partition coefficient (Wildman–Crippen LogP) is 1.08. The van der Waals surface area contributed by atoms with Gasteiger partial charge in [-0.15, -0.1) is 0 Å². The SMILES string of the molecule is CCCCCCC(=O)C(C=O)C(O)CCO. The topological polar surface area (TPSA) is 74.6 Å². The zero-order chi connectivity index (χ0) is 12.4. The average molecular weight is 230 g/mol. The van der Waals surface area contributed by atoms with Crippen LogP contribution in [-0.4, -0.2) is 35.0 Å². The first-order valence-corrected chi connectivity index (χ1v) is 5.94. The second-order valence-electron chi connectivity index (χ2n) is 4.02. The van der Waals surface area contributed by atoms with Crippen molar-refractivity contribution in [2.75, 3.05) is 6.61 Å². The third kappa shape index (κ3) is 5.98. The van der Waals surface area contributed by atoms with Crippen LogP contribution in [0.4, 0.5) is 0 Å². The molecule has 0 amide bonds. The minimum atomic E-state index is -1.04.